The van der Waals surface area contributed by atoms with Crippen molar-refractivity contribution in [1.29, 1.82) is 5.26 Å². The molecular weight excluding hydrogens is 326 g/mol. The highest BCUT2D eigenvalue weighted by atomic mass is 32.1. The third kappa shape index (κ3) is 3.34. The zero-order valence-electron chi connectivity index (χ0n) is 12.2. The number of nitrogens with zero attached hydrogens (tertiary/aromatic N) is 5. The molecule has 3 aromatic rings. The van der Waals surface area contributed by atoms with Crippen LogP contribution in [-0.2, 0) is 0 Å². The predicted molar refractivity (Wildman–Crippen MR) is 88.8 cm³/mol. The molecule has 8 nitrogen and oxygen atoms in total. The average molecular weight is 337 g/mol. The van der Waals surface area contributed by atoms with E-state index in [0.717, 1.165) is 5.69 Å². The molecule has 3 N–H and O–H groups in total. The van der Waals surface area contributed by atoms with Gasteiger partial charge in [-0.15, -0.1) is 11.3 Å². The van der Waals surface area contributed by atoms with Gasteiger partial charge in [-0.25, -0.2) is 4.98 Å². The summed E-state index contributed by atoms with van der Waals surface area (Å²) in [7, 11) is 0. The first kappa shape index (κ1) is 15.5. The number of anilines is 3. The van der Waals surface area contributed by atoms with E-state index in [0.29, 0.717) is 0 Å². The van der Waals surface area contributed by atoms with Gasteiger partial charge >= 0.3 is 0 Å². The van der Waals surface area contributed by atoms with E-state index in [9.17, 15) is 10.1 Å². The number of hydrogen-bond acceptors (Lipinski definition) is 9. The van der Waals surface area contributed by atoms with E-state index in [-0.39, 0.29) is 23.4 Å². The molecule has 0 spiro atoms. The van der Waals surface area contributed by atoms with Crippen molar-refractivity contribution in [2.45, 2.75) is 5.92 Å². The van der Waals surface area contributed by atoms with E-state index < -0.39 is 11.7 Å². The van der Waals surface area contributed by atoms with Gasteiger partial charge in [0.25, 0.3) is 0 Å². The lowest BCUT2D eigenvalue weighted by atomic mass is 10.0. The zero-order chi connectivity index (χ0) is 16.9. The minimum atomic E-state index is -1.20. The van der Waals surface area contributed by atoms with Crippen LogP contribution in [0, 0.1) is 11.3 Å². The largest absolute Gasteiger partial charge is 0.368 e. The van der Waals surface area contributed by atoms with Gasteiger partial charge in [0.1, 0.15) is 5.69 Å². The van der Waals surface area contributed by atoms with Crippen molar-refractivity contribution in [2.75, 3.05) is 11.1 Å². The Labute approximate surface area is 141 Å². The van der Waals surface area contributed by atoms with Crippen molar-refractivity contribution < 1.29 is 4.79 Å². The first-order chi connectivity index (χ1) is 11.7. The molecule has 0 aliphatic heterocycles. The van der Waals surface area contributed by atoms with E-state index >= 15 is 0 Å². The summed E-state index contributed by atoms with van der Waals surface area (Å²) < 4.78 is 0. The van der Waals surface area contributed by atoms with Crippen molar-refractivity contribution in [3.05, 3.63) is 52.7 Å². The van der Waals surface area contributed by atoms with Gasteiger partial charge in [0.15, 0.2) is 11.7 Å². The molecule has 0 fully saturated rings. The summed E-state index contributed by atoms with van der Waals surface area (Å²) in [5, 5.41) is 13.9. The molecule has 0 aliphatic rings. The van der Waals surface area contributed by atoms with Crippen LogP contribution < -0.4 is 11.1 Å². The van der Waals surface area contributed by atoms with Gasteiger partial charge in [-0.3, -0.25) is 4.79 Å². The number of hydrogen-bond donors (Lipinski definition) is 2. The van der Waals surface area contributed by atoms with Gasteiger partial charge < -0.3 is 11.1 Å². The van der Waals surface area contributed by atoms with Gasteiger partial charge in [0, 0.05) is 11.1 Å². The lowest BCUT2D eigenvalue weighted by Gasteiger charge is -2.09. The minimum Gasteiger partial charge on any atom is -0.368 e. The monoisotopic (exact) mass is 337 g/mol. The Morgan fingerprint density at radius 1 is 1.25 bits per heavy atom. The summed E-state index contributed by atoms with van der Waals surface area (Å²) in [6.45, 7) is 0. The van der Waals surface area contributed by atoms with Crippen LogP contribution >= 0.6 is 11.3 Å². The highest BCUT2D eigenvalue weighted by Crippen LogP contribution is 2.20. The molecule has 0 radical (unpaired) electrons. The number of nitrogens with one attached hydrogen (secondary N) is 1. The molecule has 3 rings (SSSR count). The highest BCUT2D eigenvalue weighted by Gasteiger charge is 2.27. The first-order valence-electron chi connectivity index (χ1n) is 6.83. The van der Waals surface area contributed by atoms with Crippen LogP contribution in [0.1, 0.15) is 22.2 Å². The van der Waals surface area contributed by atoms with Crippen LogP contribution in [0.25, 0.3) is 0 Å². The second-order valence-electron chi connectivity index (χ2n) is 4.67. The van der Waals surface area contributed by atoms with E-state index in [1.807, 2.05) is 36.4 Å². The Kier molecular flexibility index (Phi) is 4.40. The van der Waals surface area contributed by atoms with E-state index in [2.05, 4.69) is 25.3 Å². The number of nitriles is 1. The number of ketones is 1. The fourth-order valence-corrected chi connectivity index (χ4v) is 2.50. The van der Waals surface area contributed by atoms with Gasteiger partial charge in [-0.05, 0) is 12.1 Å². The number of benzene rings is 1. The summed E-state index contributed by atoms with van der Waals surface area (Å²) in [5.74, 6) is -1.61. The van der Waals surface area contributed by atoms with E-state index in [4.69, 9.17) is 5.73 Å². The molecule has 9 heteroatoms. The fourth-order valence-electron chi connectivity index (χ4n) is 1.96. The number of Topliss-reactive ketones (excluding diaryl/α,β-unsaturated/α-hetero) is 1. The van der Waals surface area contributed by atoms with Gasteiger partial charge in [-0.1, -0.05) is 18.2 Å². The average Bonchev–Trinajstić information content (AvgIpc) is 3.10. The Bertz CT molecular complexity index is 890. The molecule has 2 heterocycles. The molecule has 0 amide bonds. The van der Waals surface area contributed by atoms with Gasteiger partial charge in [0.05, 0.1) is 11.6 Å². The summed E-state index contributed by atoms with van der Waals surface area (Å²) >= 11 is 1.27. The van der Waals surface area contributed by atoms with Crippen LogP contribution in [0.15, 0.2) is 41.2 Å². The van der Waals surface area contributed by atoms with E-state index in [1.54, 1.807) is 5.38 Å². The summed E-state index contributed by atoms with van der Waals surface area (Å²) in [6.07, 6.45) is 0. The Morgan fingerprint density at radius 2 is 2.04 bits per heavy atom. The SMILES string of the molecule is N#C[C@H](C(=O)c1cscn1)c1nc(N)nc(Nc2ccccc2)n1. The maximum atomic E-state index is 12.4. The number of nitrogen functional groups attached to an aromatic ring is 1. The van der Waals surface area contributed by atoms with E-state index in [1.165, 1.54) is 16.8 Å². The van der Waals surface area contributed by atoms with Crippen molar-refractivity contribution in [3.63, 3.8) is 0 Å². The summed E-state index contributed by atoms with van der Waals surface area (Å²) in [6, 6.07) is 11.1. The van der Waals surface area contributed by atoms with Crippen LogP contribution in [-0.4, -0.2) is 25.7 Å². The number of thiazole rings is 1. The van der Waals surface area contributed by atoms with Crippen molar-refractivity contribution in [2.24, 2.45) is 0 Å². The van der Waals surface area contributed by atoms with Crippen LogP contribution in [0.5, 0.6) is 0 Å². The molecule has 118 valence electrons. The lowest BCUT2D eigenvalue weighted by molar-refractivity contribution is 0.0972. The number of aromatic nitrogens is 4. The number of para-hydroxylation sites is 1. The zero-order valence-corrected chi connectivity index (χ0v) is 13.1. The second kappa shape index (κ2) is 6.80. The Hall–Kier alpha value is -3.38. The smallest absolute Gasteiger partial charge is 0.232 e. The molecule has 0 unspecified atom stereocenters. The van der Waals surface area contributed by atoms with Crippen LogP contribution in [0.3, 0.4) is 0 Å². The van der Waals surface area contributed by atoms with Gasteiger partial charge in [-0.2, -0.15) is 20.2 Å². The lowest BCUT2D eigenvalue weighted by Crippen LogP contribution is -2.17. The highest BCUT2D eigenvalue weighted by molar-refractivity contribution is 7.07. The molecule has 1 aromatic carbocycles. The molecule has 2 aromatic heterocycles. The minimum absolute atomic E-state index is 0.0126. The standard InChI is InChI=1S/C15H11N7OS/c16-6-10(12(23)11-7-24-8-18-11)13-20-14(17)22-15(21-13)19-9-4-2-1-3-5-9/h1-5,7-8,10H,(H3,17,19,20,21,22)/t10-/m1/s1. The predicted octanol–water partition coefficient (Wildman–Crippen LogP) is 2.14. The number of nitrogens with two attached hydrogens (primary N) is 1. The Morgan fingerprint density at radius 3 is 2.71 bits per heavy atom. The maximum absolute atomic E-state index is 12.4. The Balaban J connectivity index is 1.92. The molecule has 0 aliphatic carbocycles. The third-order valence-corrected chi connectivity index (χ3v) is 3.62. The fraction of sp³-hybridized carbons (Fsp3) is 0.0667. The first-order valence-corrected chi connectivity index (χ1v) is 7.77. The maximum Gasteiger partial charge on any atom is 0.232 e. The number of carbonyl (C=O) groups excluding carboxylic acids is 1. The molecular formula is C15H11N7OS. The second-order valence-corrected chi connectivity index (χ2v) is 5.39. The quantitative estimate of drug-likeness (QED) is 0.677. The molecule has 0 saturated carbocycles. The summed E-state index contributed by atoms with van der Waals surface area (Å²) in [5.41, 5.74) is 8.15. The summed E-state index contributed by atoms with van der Waals surface area (Å²) in [4.78, 5) is 28.4. The molecule has 0 bridgehead atoms. The third-order valence-electron chi connectivity index (χ3n) is 3.03. The molecule has 1 atom stereocenters. The van der Waals surface area contributed by atoms with Crippen molar-refractivity contribution in [1.82, 2.24) is 19.9 Å². The molecule has 0 saturated heterocycles. The van der Waals surface area contributed by atoms with Crippen LogP contribution in [0.2, 0.25) is 0 Å². The molecule has 24 heavy (non-hydrogen) atoms. The van der Waals surface area contributed by atoms with Crippen molar-refractivity contribution in [3.8, 4) is 6.07 Å². The number of carbonyl (C=O) groups is 1. The van der Waals surface area contributed by atoms with Crippen LogP contribution in [0.4, 0.5) is 17.6 Å². The normalized spacial score (nSPS) is 11.5. The van der Waals surface area contributed by atoms with Crippen molar-refractivity contribution >= 4 is 34.7 Å². The number of rotatable bonds is 5. The van der Waals surface area contributed by atoms with Gasteiger partial charge in [0.2, 0.25) is 17.7 Å². The topological polar surface area (TPSA) is 130 Å².